The van der Waals surface area contributed by atoms with Gasteiger partial charge in [-0.1, -0.05) is 96.1 Å². The first kappa shape index (κ1) is 37.9. The highest BCUT2D eigenvalue weighted by atomic mass is 16.6. The molecule has 0 saturated carbocycles. The summed E-state index contributed by atoms with van der Waals surface area (Å²) in [5, 5.41) is 9.69. The molecule has 2 atom stereocenters. The van der Waals surface area contributed by atoms with Gasteiger partial charge in [-0.2, -0.15) is 0 Å². The SMILES string of the molecule is CCCCCCCCCCCCCCCC(=O)OC(=O)[C@H](Cc1ccc(O)cc1)N(C(=O)CN)C(=O)[C@@H]1CCCN1C(=O)CN. The minimum absolute atomic E-state index is 0.00118. The average Bonchev–Trinajstić information content (AvgIpc) is 3.53. The molecule has 1 fully saturated rings. The Morgan fingerprint density at radius 3 is 1.96 bits per heavy atom. The number of phenolic OH excluding ortho intramolecular Hbond substituents is 1. The van der Waals surface area contributed by atoms with E-state index in [2.05, 4.69) is 6.92 Å². The lowest BCUT2D eigenvalue weighted by molar-refractivity contribution is -0.169. The molecule has 0 aromatic heterocycles. The largest absolute Gasteiger partial charge is 0.508 e. The molecule has 0 spiro atoms. The molecule has 1 aromatic rings. The number of likely N-dealkylation sites (tertiary alicyclic amines) is 1. The Kier molecular flexibility index (Phi) is 18.0. The molecule has 2 rings (SSSR count). The standard InChI is InChI=1S/C34H54N4O7/c1-2-3-4-5-6-7-8-9-10-11-12-13-14-17-32(42)45-34(44)29(23-26-18-20-27(39)21-19-26)38(31(41)25-36)33(43)28-16-15-22-37(28)30(40)24-35/h18-21,28-29,39H,2-17,22-25,35-36H2,1H3/t28-,29-/m0/s1. The van der Waals surface area contributed by atoms with E-state index in [1.165, 1.54) is 74.8 Å². The molecule has 252 valence electrons. The lowest BCUT2D eigenvalue weighted by Crippen LogP contribution is -2.58. The van der Waals surface area contributed by atoms with Crippen molar-refractivity contribution >= 4 is 29.7 Å². The molecule has 3 amide bonds. The molecule has 0 aliphatic carbocycles. The van der Waals surface area contributed by atoms with Gasteiger partial charge in [-0.05, 0) is 37.0 Å². The highest BCUT2D eigenvalue weighted by molar-refractivity contribution is 6.04. The summed E-state index contributed by atoms with van der Waals surface area (Å²) >= 11 is 0. The normalized spacial score (nSPS) is 15.1. The van der Waals surface area contributed by atoms with E-state index >= 15 is 0 Å². The quantitative estimate of drug-likeness (QED) is 0.103. The first-order chi connectivity index (χ1) is 21.7. The Balaban J connectivity index is 1.96. The van der Waals surface area contributed by atoms with Crippen LogP contribution < -0.4 is 11.5 Å². The minimum Gasteiger partial charge on any atom is -0.508 e. The number of ether oxygens (including phenoxy) is 1. The van der Waals surface area contributed by atoms with Crippen LogP contribution in [0.4, 0.5) is 0 Å². The van der Waals surface area contributed by atoms with E-state index in [0.29, 0.717) is 24.9 Å². The topological polar surface area (TPSA) is 173 Å². The maximum atomic E-state index is 13.7. The van der Waals surface area contributed by atoms with Gasteiger partial charge < -0.3 is 26.2 Å². The fourth-order valence-electron chi connectivity index (χ4n) is 5.80. The maximum Gasteiger partial charge on any atom is 0.337 e. The molecule has 11 heteroatoms. The number of rotatable bonds is 21. The van der Waals surface area contributed by atoms with Gasteiger partial charge in [0.1, 0.15) is 17.8 Å². The van der Waals surface area contributed by atoms with Crippen LogP contribution in [0.3, 0.4) is 0 Å². The van der Waals surface area contributed by atoms with Crippen molar-refractivity contribution in [2.45, 2.75) is 128 Å². The van der Waals surface area contributed by atoms with E-state index in [4.69, 9.17) is 16.2 Å². The van der Waals surface area contributed by atoms with Gasteiger partial charge in [0, 0.05) is 19.4 Å². The van der Waals surface area contributed by atoms with Gasteiger partial charge in [0.05, 0.1) is 13.1 Å². The number of esters is 2. The summed E-state index contributed by atoms with van der Waals surface area (Å²) in [6.07, 6.45) is 15.7. The van der Waals surface area contributed by atoms with Gasteiger partial charge >= 0.3 is 11.9 Å². The number of carbonyl (C=O) groups is 5. The Morgan fingerprint density at radius 2 is 1.42 bits per heavy atom. The second-order valence-corrected chi connectivity index (χ2v) is 11.9. The van der Waals surface area contributed by atoms with Crippen molar-refractivity contribution in [3.05, 3.63) is 29.8 Å². The number of carbonyl (C=O) groups excluding carboxylic acids is 5. The summed E-state index contributed by atoms with van der Waals surface area (Å²) in [7, 11) is 0. The van der Waals surface area contributed by atoms with Gasteiger partial charge in [0.2, 0.25) is 11.8 Å². The summed E-state index contributed by atoms with van der Waals surface area (Å²) in [6, 6.07) is 3.42. The summed E-state index contributed by atoms with van der Waals surface area (Å²) in [5.41, 5.74) is 11.7. The van der Waals surface area contributed by atoms with Gasteiger partial charge in [-0.25, -0.2) is 4.79 Å². The first-order valence-corrected chi connectivity index (χ1v) is 16.8. The van der Waals surface area contributed by atoms with Crippen molar-refractivity contribution in [2.75, 3.05) is 19.6 Å². The zero-order chi connectivity index (χ0) is 33.0. The number of imide groups is 1. The van der Waals surface area contributed by atoms with Crippen molar-refractivity contribution < 1.29 is 33.8 Å². The van der Waals surface area contributed by atoms with Crippen LogP contribution in [-0.4, -0.2) is 76.3 Å². The molecular formula is C34H54N4O7. The van der Waals surface area contributed by atoms with Crippen LogP contribution in [0.25, 0.3) is 0 Å². The van der Waals surface area contributed by atoms with Crippen molar-refractivity contribution in [2.24, 2.45) is 11.5 Å². The zero-order valence-corrected chi connectivity index (χ0v) is 27.1. The molecular weight excluding hydrogens is 576 g/mol. The van der Waals surface area contributed by atoms with Crippen molar-refractivity contribution in [3.8, 4) is 5.75 Å². The number of benzene rings is 1. The van der Waals surface area contributed by atoms with Gasteiger partial charge in [-0.15, -0.1) is 0 Å². The molecule has 1 aliphatic heterocycles. The lowest BCUT2D eigenvalue weighted by atomic mass is 10.0. The summed E-state index contributed by atoms with van der Waals surface area (Å²) in [4.78, 5) is 67.3. The molecule has 5 N–H and O–H groups in total. The number of unbranched alkanes of at least 4 members (excludes halogenated alkanes) is 12. The van der Waals surface area contributed by atoms with E-state index in [0.717, 1.165) is 24.2 Å². The molecule has 11 nitrogen and oxygen atoms in total. The highest BCUT2D eigenvalue weighted by Gasteiger charge is 2.43. The Bertz CT molecular complexity index is 1080. The van der Waals surface area contributed by atoms with Crippen LogP contribution in [0, 0.1) is 0 Å². The predicted molar refractivity (Wildman–Crippen MR) is 172 cm³/mol. The Morgan fingerprint density at radius 1 is 0.867 bits per heavy atom. The van der Waals surface area contributed by atoms with Crippen LogP contribution >= 0.6 is 0 Å². The average molecular weight is 631 g/mol. The Labute approximate surface area is 268 Å². The van der Waals surface area contributed by atoms with Crippen LogP contribution in [0.2, 0.25) is 0 Å². The van der Waals surface area contributed by atoms with E-state index < -0.39 is 48.3 Å². The fraction of sp³-hybridized carbons (Fsp3) is 0.676. The zero-order valence-electron chi connectivity index (χ0n) is 27.1. The second-order valence-electron chi connectivity index (χ2n) is 11.9. The number of nitrogens with zero attached hydrogens (tertiary/aromatic N) is 2. The third-order valence-electron chi connectivity index (χ3n) is 8.36. The number of hydrogen-bond donors (Lipinski definition) is 3. The molecule has 1 heterocycles. The number of nitrogens with two attached hydrogens (primary N) is 2. The fourth-order valence-corrected chi connectivity index (χ4v) is 5.80. The number of amides is 3. The maximum absolute atomic E-state index is 13.7. The number of phenols is 1. The number of hydrogen-bond acceptors (Lipinski definition) is 9. The lowest BCUT2D eigenvalue weighted by Gasteiger charge is -2.33. The van der Waals surface area contributed by atoms with Gasteiger partial charge in [0.15, 0.2) is 0 Å². The highest BCUT2D eigenvalue weighted by Crippen LogP contribution is 2.23. The van der Waals surface area contributed by atoms with Crippen LogP contribution in [-0.2, 0) is 35.1 Å². The minimum atomic E-state index is -1.50. The molecule has 1 aliphatic rings. The van der Waals surface area contributed by atoms with E-state index in [-0.39, 0.29) is 31.6 Å². The van der Waals surface area contributed by atoms with Crippen molar-refractivity contribution in [1.82, 2.24) is 9.80 Å². The molecule has 0 bridgehead atoms. The molecule has 1 saturated heterocycles. The third kappa shape index (κ3) is 13.3. The van der Waals surface area contributed by atoms with Crippen molar-refractivity contribution in [1.29, 1.82) is 0 Å². The first-order valence-electron chi connectivity index (χ1n) is 16.8. The Hall–Kier alpha value is -3.31. The monoisotopic (exact) mass is 630 g/mol. The summed E-state index contributed by atoms with van der Waals surface area (Å²) in [6.45, 7) is 1.64. The van der Waals surface area contributed by atoms with E-state index in [1.807, 2.05) is 0 Å². The van der Waals surface area contributed by atoms with Gasteiger partial charge in [0.25, 0.3) is 5.91 Å². The third-order valence-corrected chi connectivity index (χ3v) is 8.36. The predicted octanol–water partition coefficient (Wildman–Crippen LogP) is 4.12. The van der Waals surface area contributed by atoms with E-state index in [9.17, 15) is 29.1 Å². The summed E-state index contributed by atoms with van der Waals surface area (Å²) in [5.74, 6) is -3.83. The van der Waals surface area contributed by atoms with Crippen molar-refractivity contribution in [3.63, 3.8) is 0 Å². The van der Waals surface area contributed by atoms with Crippen LogP contribution in [0.5, 0.6) is 5.75 Å². The molecule has 45 heavy (non-hydrogen) atoms. The molecule has 1 aromatic carbocycles. The molecule has 0 unspecified atom stereocenters. The van der Waals surface area contributed by atoms with Crippen LogP contribution in [0.15, 0.2) is 24.3 Å². The summed E-state index contributed by atoms with van der Waals surface area (Å²) < 4.78 is 5.18. The van der Waals surface area contributed by atoms with Gasteiger partial charge in [-0.3, -0.25) is 24.1 Å². The molecule has 0 radical (unpaired) electrons. The smallest absolute Gasteiger partial charge is 0.337 e. The second kappa shape index (κ2) is 21.4. The number of aromatic hydroxyl groups is 1. The van der Waals surface area contributed by atoms with Crippen LogP contribution in [0.1, 0.15) is 115 Å². The van der Waals surface area contributed by atoms with E-state index in [1.54, 1.807) is 12.1 Å².